The van der Waals surface area contributed by atoms with Crippen molar-refractivity contribution in [3.63, 3.8) is 0 Å². The van der Waals surface area contributed by atoms with E-state index in [1.165, 1.54) is 158 Å². The molecule has 5 aromatic carbocycles. The van der Waals surface area contributed by atoms with Gasteiger partial charge in [-0.1, -0.05) is 86.0 Å². The topological polar surface area (TPSA) is 3.24 Å². The summed E-state index contributed by atoms with van der Waals surface area (Å²) in [5.41, 5.74) is 12.7. The van der Waals surface area contributed by atoms with Crippen molar-refractivity contribution in [1.82, 2.24) is 0 Å². The maximum absolute atomic E-state index is 2.64. The van der Waals surface area contributed by atoms with Crippen LogP contribution in [-0.2, 0) is 10.8 Å². The molecule has 0 amide bonds. The number of nitrogens with zero attached hydrogens (tertiary/aromatic N) is 1. The summed E-state index contributed by atoms with van der Waals surface area (Å²) in [6.45, 7) is 0. The molecule has 8 bridgehead atoms. The Morgan fingerprint density at radius 1 is 0.448 bits per heavy atom. The van der Waals surface area contributed by atoms with Gasteiger partial charge in [0.05, 0.1) is 0 Å². The van der Waals surface area contributed by atoms with Crippen LogP contribution in [0, 0.1) is 35.5 Å². The molecule has 0 radical (unpaired) electrons. The number of benzene rings is 5. The monoisotopic (exact) mass is 777 g/mol. The van der Waals surface area contributed by atoms with Crippen molar-refractivity contribution in [2.24, 2.45) is 35.5 Å². The smallest absolute Gasteiger partial charge is 0.0476 e. The predicted molar refractivity (Wildman–Crippen MR) is 245 cm³/mol. The molecule has 1 heterocycles. The van der Waals surface area contributed by atoms with Crippen LogP contribution in [0.3, 0.4) is 0 Å². The van der Waals surface area contributed by atoms with Gasteiger partial charge in [-0.3, -0.25) is 0 Å². The van der Waals surface area contributed by atoms with Crippen molar-refractivity contribution < 1.29 is 0 Å². The molecule has 6 aromatic rings. The molecule has 58 heavy (non-hydrogen) atoms. The molecule has 294 valence electrons. The first-order valence-electron chi connectivity index (χ1n) is 23.6. The SMILES string of the molecule is c1cc(C23CC4CC(CC(C4)C2)C3)c(-c2ccc(N(c3ccc(C4CCCCC4)cc3)c3ccc4c(c3)sc3ccccc34)cc2)c(C23CC4CC(CC(C4)C2)C3)c1. The minimum absolute atomic E-state index is 0.368. The fraction of sp³-hybridized carbons (Fsp3) is 0.464. The first kappa shape index (κ1) is 34.9. The van der Waals surface area contributed by atoms with Crippen molar-refractivity contribution in [1.29, 1.82) is 0 Å². The molecule has 9 aliphatic carbocycles. The maximum atomic E-state index is 2.64. The lowest BCUT2D eigenvalue weighted by atomic mass is 9.45. The van der Waals surface area contributed by atoms with E-state index in [2.05, 4.69) is 114 Å². The van der Waals surface area contributed by atoms with E-state index in [4.69, 9.17) is 0 Å². The third-order valence-corrected chi connectivity index (χ3v) is 18.7. The van der Waals surface area contributed by atoms with Gasteiger partial charge in [0.15, 0.2) is 0 Å². The zero-order valence-corrected chi connectivity index (χ0v) is 35.1. The van der Waals surface area contributed by atoms with Crippen molar-refractivity contribution in [2.75, 3.05) is 4.90 Å². The van der Waals surface area contributed by atoms with Gasteiger partial charge in [-0.2, -0.15) is 0 Å². The highest BCUT2D eigenvalue weighted by Crippen LogP contribution is 2.65. The van der Waals surface area contributed by atoms with Gasteiger partial charge >= 0.3 is 0 Å². The Labute approximate surface area is 350 Å². The molecule has 9 saturated carbocycles. The van der Waals surface area contributed by atoms with Crippen LogP contribution >= 0.6 is 11.3 Å². The summed E-state index contributed by atoms with van der Waals surface area (Å²) in [6.07, 6.45) is 24.4. The van der Waals surface area contributed by atoms with Gasteiger partial charge in [-0.05, 0) is 212 Å². The standard InChI is InChI=1S/C56H59NS/c1-2-7-42(8-3-1)43-13-17-45(18-14-43)57(47-21-22-49-48-9-4-5-12-52(48)58-53(49)29-47)46-19-15-44(16-20-46)54-50(55-30-36-23-37(31-55)25-38(24-36)32-55)10-6-11-51(54)56-33-39-26-40(34-56)28-41(27-39)35-56/h4-6,9-22,29,36-42H,1-3,7-8,23-28,30-35H2. The van der Waals surface area contributed by atoms with E-state index in [1.54, 1.807) is 16.7 Å². The molecule has 15 rings (SSSR count). The van der Waals surface area contributed by atoms with Crippen LogP contribution < -0.4 is 4.90 Å². The second kappa shape index (κ2) is 13.3. The molecule has 0 unspecified atom stereocenters. The second-order valence-electron chi connectivity index (χ2n) is 21.2. The van der Waals surface area contributed by atoms with Crippen molar-refractivity contribution in [3.8, 4) is 11.1 Å². The van der Waals surface area contributed by atoms with Crippen LogP contribution in [0.4, 0.5) is 17.1 Å². The Morgan fingerprint density at radius 3 is 1.52 bits per heavy atom. The van der Waals surface area contributed by atoms with E-state index in [0.717, 1.165) is 35.5 Å². The molecule has 9 fully saturated rings. The fourth-order valence-corrected chi connectivity index (χ4v) is 17.2. The Hall–Kier alpha value is -3.88. The molecule has 2 heteroatoms. The minimum Gasteiger partial charge on any atom is -0.310 e. The predicted octanol–water partition coefficient (Wildman–Crippen LogP) is 16.2. The number of hydrogen-bond donors (Lipinski definition) is 0. The second-order valence-corrected chi connectivity index (χ2v) is 22.3. The summed E-state index contributed by atoms with van der Waals surface area (Å²) in [5, 5.41) is 2.74. The van der Waals surface area contributed by atoms with Crippen LogP contribution in [0.2, 0.25) is 0 Å². The molecule has 1 nitrogen and oxygen atoms in total. The summed E-state index contributed by atoms with van der Waals surface area (Å²) in [4.78, 5) is 2.54. The van der Waals surface area contributed by atoms with Crippen LogP contribution in [-0.4, -0.2) is 0 Å². The molecular weight excluding hydrogens is 719 g/mol. The van der Waals surface area contributed by atoms with Crippen LogP contribution in [0.15, 0.2) is 109 Å². The number of fused-ring (bicyclic) bond motifs is 3. The van der Waals surface area contributed by atoms with Gasteiger partial charge in [0.1, 0.15) is 0 Å². The summed E-state index contributed by atoms with van der Waals surface area (Å²) in [6, 6.07) is 43.7. The maximum Gasteiger partial charge on any atom is 0.0476 e. The van der Waals surface area contributed by atoms with Crippen LogP contribution in [0.1, 0.15) is 132 Å². The average molecular weight is 778 g/mol. The quantitative estimate of drug-likeness (QED) is 0.156. The Kier molecular flexibility index (Phi) is 8.02. The van der Waals surface area contributed by atoms with E-state index >= 15 is 0 Å². The van der Waals surface area contributed by atoms with E-state index in [1.807, 2.05) is 11.3 Å². The molecule has 0 atom stereocenters. The normalized spacial score (nSPS) is 32.4. The number of hydrogen-bond acceptors (Lipinski definition) is 2. The first-order valence-corrected chi connectivity index (χ1v) is 24.4. The highest BCUT2D eigenvalue weighted by Gasteiger charge is 2.55. The van der Waals surface area contributed by atoms with Crippen LogP contribution in [0.5, 0.6) is 0 Å². The first-order chi connectivity index (χ1) is 28.5. The van der Waals surface area contributed by atoms with Crippen molar-refractivity contribution >= 4 is 48.6 Å². The van der Waals surface area contributed by atoms with Crippen molar-refractivity contribution in [3.05, 3.63) is 126 Å². The molecule has 1 aromatic heterocycles. The molecular formula is C56H59NS. The zero-order valence-electron chi connectivity index (χ0n) is 34.3. The van der Waals surface area contributed by atoms with Gasteiger partial charge in [0.2, 0.25) is 0 Å². The van der Waals surface area contributed by atoms with Crippen molar-refractivity contribution in [2.45, 2.75) is 126 Å². The lowest BCUT2D eigenvalue weighted by Gasteiger charge is -2.59. The summed E-state index contributed by atoms with van der Waals surface area (Å²) in [7, 11) is 0. The number of rotatable bonds is 7. The van der Waals surface area contributed by atoms with Crippen LogP contribution in [0.25, 0.3) is 31.3 Å². The van der Waals surface area contributed by atoms with Gasteiger partial charge in [-0.25, -0.2) is 0 Å². The third-order valence-electron chi connectivity index (χ3n) is 17.5. The van der Waals surface area contributed by atoms with E-state index in [-0.39, 0.29) is 0 Å². The molecule has 0 saturated heterocycles. The van der Waals surface area contributed by atoms with Gasteiger partial charge < -0.3 is 4.90 Å². The lowest BCUT2D eigenvalue weighted by Crippen LogP contribution is -2.50. The van der Waals surface area contributed by atoms with E-state index in [9.17, 15) is 0 Å². The summed E-state index contributed by atoms with van der Waals surface area (Å²) >= 11 is 1.93. The molecule has 0 N–H and O–H groups in total. The van der Waals surface area contributed by atoms with Gasteiger partial charge in [0, 0.05) is 37.2 Å². The molecule has 0 aliphatic heterocycles. The zero-order chi connectivity index (χ0) is 38.0. The fourth-order valence-electron chi connectivity index (χ4n) is 16.0. The summed E-state index contributed by atoms with van der Waals surface area (Å²) < 4.78 is 2.73. The van der Waals surface area contributed by atoms with Gasteiger partial charge in [0.25, 0.3) is 0 Å². The summed E-state index contributed by atoms with van der Waals surface area (Å²) in [5.74, 6) is 6.38. The molecule has 0 spiro atoms. The Bertz CT molecular complexity index is 2380. The lowest BCUT2D eigenvalue weighted by molar-refractivity contribution is -0.00783. The highest BCUT2D eigenvalue weighted by molar-refractivity contribution is 7.25. The molecule has 9 aliphatic rings. The minimum atomic E-state index is 0.368. The highest BCUT2D eigenvalue weighted by atomic mass is 32.1. The number of anilines is 3. The van der Waals surface area contributed by atoms with E-state index < -0.39 is 0 Å². The largest absolute Gasteiger partial charge is 0.310 e. The number of thiophene rings is 1. The van der Waals surface area contributed by atoms with E-state index in [0.29, 0.717) is 16.7 Å². The van der Waals surface area contributed by atoms with Gasteiger partial charge in [-0.15, -0.1) is 11.3 Å². The average Bonchev–Trinajstić information content (AvgIpc) is 3.61. The Morgan fingerprint density at radius 2 is 0.948 bits per heavy atom. The third kappa shape index (κ3) is 5.59. The Balaban J connectivity index is 0.943.